The highest BCUT2D eigenvalue weighted by atomic mass is 16.4. The molecule has 126 valence electrons. The van der Waals surface area contributed by atoms with Crippen molar-refractivity contribution in [1.29, 1.82) is 0 Å². The number of piperidine rings is 1. The van der Waals surface area contributed by atoms with Crippen LogP contribution in [0.2, 0.25) is 0 Å². The van der Waals surface area contributed by atoms with Gasteiger partial charge >= 0.3 is 0 Å². The number of likely N-dealkylation sites (tertiary alicyclic amines) is 1. The van der Waals surface area contributed by atoms with Crippen molar-refractivity contribution in [3.05, 3.63) is 42.2 Å². The van der Waals surface area contributed by atoms with Gasteiger partial charge in [0.1, 0.15) is 0 Å². The number of furan rings is 1. The molecule has 7 heteroatoms. The number of nitrogens with zero attached hydrogens (tertiary/aromatic N) is 5. The first-order chi connectivity index (χ1) is 11.8. The highest BCUT2D eigenvalue weighted by Gasteiger charge is 2.23. The zero-order valence-corrected chi connectivity index (χ0v) is 13.8. The molecular formula is C17H21N5O2. The first kappa shape index (κ1) is 15.1. The van der Waals surface area contributed by atoms with Crippen LogP contribution in [0.25, 0.3) is 11.7 Å². The summed E-state index contributed by atoms with van der Waals surface area (Å²) in [7, 11) is 0. The Balaban J connectivity index is 1.33. The summed E-state index contributed by atoms with van der Waals surface area (Å²) in [6, 6.07) is 3.63. The van der Waals surface area contributed by atoms with E-state index in [0.717, 1.165) is 32.5 Å². The molecule has 7 nitrogen and oxygen atoms in total. The summed E-state index contributed by atoms with van der Waals surface area (Å²) in [6.07, 6.45) is 8.05. The molecule has 0 aliphatic carbocycles. The molecule has 0 amide bonds. The van der Waals surface area contributed by atoms with Crippen molar-refractivity contribution in [2.45, 2.75) is 38.8 Å². The van der Waals surface area contributed by atoms with Crippen molar-refractivity contribution in [2.24, 2.45) is 0 Å². The third-order valence-corrected chi connectivity index (χ3v) is 4.59. The van der Waals surface area contributed by atoms with E-state index in [9.17, 15) is 0 Å². The molecule has 0 spiro atoms. The number of hydrogen-bond acceptors (Lipinski definition) is 6. The molecule has 0 atom stereocenters. The molecule has 0 aromatic carbocycles. The number of aromatic nitrogens is 4. The minimum atomic E-state index is 0.442. The van der Waals surface area contributed by atoms with Crippen LogP contribution >= 0.6 is 0 Å². The van der Waals surface area contributed by atoms with Crippen LogP contribution in [0.3, 0.4) is 0 Å². The SMILES string of the molecule is CCn1cc(C2CCN(Cc3nnc(-c4ccco4)o3)CC2)cn1. The highest BCUT2D eigenvalue weighted by molar-refractivity contribution is 5.42. The molecule has 0 unspecified atom stereocenters. The lowest BCUT2D eigenvalue weighted by Crippen LogP contribution is -2.32. The average molecular weight is 327 g/mol. The summed E-state index contributed by atoms with van der Waals surface area (Å²) in [5.74, 6) is 2.29. The summed E-state index contributed by atoms with van der Waals surface area (Å²) in [5, 5.41) is 12.6. The van der Waals surface area contributed by atoms with E-state index in [-0.39, 0.29) is 0 Å². The second-order valence-corrected chi connectivity index (χ2v) is 6.16. The molecule has 3 aromatic rings. The Bertz CT molecular complexity index is 769. The van der Waals surface area contributed by atoms with Gasteiger partial charge in [-0.2, -0.15) is 5.10 Å². The van der Waals surface area contributed by atoms with E-state index in [2.05, 4.69) is 33.3 Å². The van der Waals surface area contributed by atoms with Crippen LogP contribution in [0, 0.1) is 0 Å². The third-order valence-electron chi connectivity index (χ3n) is 4.59. The quantitative estimate of drug-likeness (QED) is 0.717. The van der Waals surface area contributed by atoms with Crippen molar-refractivity contribution in [3.8, 4) is 11.7 Å². The Morgan fingerprint density at radius 3 is 2.83 bits per heavy atom. The molecule has 0 bridgehead atoms. The summed E-state index contributed by atoms with van der Waals surface area (Å²) in [6.45, 7) is 5.78. The number of aryl methyl sites for hydroxylation is 1. The second-order valence-electron chi connectivity index (χ2n) is 6.16. The van der Waals surface area contributed by atoms with Gasteiger partial charge in [-0.1, -0.05) is 0 Å². The van der Waals surface area contributed by atoms with Crippen LogP contribution < -0.4 is 0 Å². The van der Waals surface area contributed by atoms with Crippen LogP contribution in [0.1, 0.15) is 37.1 Å². The molecule has 24 heavy (non-hydrogen) atoms. The van der Waals surface area contributed by atoms with Crippen molar-refractivity contribution in [2.75, 3.05) is 13.1 Å². The maximum atomic E-state index is 5.69. The third kappa shape index (κ3) is 3.12. The van der Waals surface area contributed by atoms with E-state index in [1.165, 1.54) is 5.56 Å². The fourth-order valence-electron chi connectivity index (χ4n) is 3.20. The van der Waals surface area contributed by atoms with E-state index in [1.807, 2.05) is 23.0 Å². The van der Waals surface area contributed by atoms with Gasteiger partial charge in [0, 0.05) is 12.7 Å². The lowest BCUT2D eigenvalue weighted by molar-refractivity contribution is 0.188. The Labute approximate surface area is 140 Å². The lowest BCUT2D eigenvalue weighted by Gasteiger charge is -2.30. The van der Waals surface area contributed by atoms with Gasteiger partial charge in [0.2, 0.25) is 5.89 Å². The predicted molar refractivity (Wildman–Crippen MR) is 87.2 cm³/mol. The molecule has 1 saturated heterocycles. The van der Waals surface area contributed by atoms with E-state index in [0.29, 0.717) is 30.0 Å². The van der Waals surface area contributed by atoms with E-state index in [1.54, 1.807) is 6.26 Å². The van der Waals surface area contributed by atoms with Gasteiger partial charge in [-0.25, -0.2) is 0 Å². The maximum Gasteiger partial charge on any atom is 0.283 e. The maximum absolute atomic E-state index is 5.69. The van der Waals surface area contributed by atoms with Gasteiger partial charge in [0.15, 0.2) is 5.76 Å². The standard InChI is InChI=1S/C17H21N5O2/c1-2-22-11-14(10-18-22)13-5-7-21(8-6-13)12-16-19-20-17(24-16)15-4-3-9-23-15/h3-4,9-11,13H,2,5-8,12H2,1H3. The van der Waals surface area contributed by atoms with Crippen LogP contribution in [0.15, 0.2) is 39.6 Å². The Morgan fingerprint density at radius 2 is 2.12 bits per heavy atom. The molecule has 0 N–H and O–H groups in total. The minimum absolute atomic E-state index is 0.442. The number of rotatable bonds is 5. The van der Waals surface area contributed by atoms with Crippen molar-refractivity contribution < 1.29 is 8.83 Å². The van der Waals surface area contributed by atoms with Gasteiger partial charge in [-0.05, 0) is 56.5 Å². The van der Waals surface area contributed by atoms with Crippen LogP contribution in [0.5, 0.6) is 0 Å². The lowest BCUT2D eigenvalue weighted by atomic mass is 9.91. The Hall–Kier alpha value is -2.41. The molecule has 0 saturated carbocycles. The van der Waals surface area contributed by atoms with E-state index in [4.69, 9.17) is 8.83 Å². The molecule has 1 fully saturated rings. The van der Waals surface area contributed by atoms with Crippen molar-refractivity contribution >= 4 is 0 Å². The smallest absolute Gasteiger partial charge is 0.283 e. The normalized spacial score (nSPS) is 16.7. The molecule has 4 heterocycles. The molecule has 1 aliphatic rings. The molecule has 4 rings (SSSR count). The molecule has 1 aliphatic heterocycles. The molecule has 0 radical (unpaired) electrons. The zero-order valence-electron chi connectivity index (χ0n) is 13.8. The predicted octanol–water partition coefficient (Wildman–Crippen LogP) is 2.93. The Morgan fingerprint density at radius 1 is 1.25 bits per heavy atom. The minimum Gasteiger partial charge on any atom is -0.459 e. The van der Waals surface area contributed by atoms with Crippen molar-refractivity contribution in [3.63, 3.8) is 0 Å². The summed E-state index contributed by atoms with van der Waals surface area (Å²) < 4.78 is 13.0. The summed E-state index contributed by atoms with van der Waals surface area (Å²) in [5.41, 5.74) is 1.36. The van der Waals surface area contributed by atoms with Crippen LogP contribution in [-0.2, 0) is 13.1 Å². The van der Waals surface area contributed by atoms with Gasteiger partial charge in [-0.3, -0.25) is 9.58 Å². The highest BCUT2D eigenvalue weighted by Crippen LogP contribution is 2.28. The number of hydrogen-bond donors (Lipinski definition) is 0. The first-order valence-electron chi connectivity index (χ1n) is 8.43. The van der Waals surface area contributed by atoms with Gasteiger partial charge in [0.25, 0.3) is 5.89 Å². The first-order valence-corrected chi connectivity index (χ1v) is 8.43. The average Bonchev–Trinajstić information content (AvgIpc) is 3.36. The monoisotopic (exact) mass is 327 g/mol. The van der Waals surface area contributed by atoms with Crippen LogP contribution in [-0.4, -0.2) is 38.0 Å². The van der Waals surface area contributed by atoms with Gasteiger partial charge in [-0.15, -0.1) is 10.2 Å². The molecular weight excluding hydrogens is 306 g/mol. The van der Waals surface area contributed by atoms with Gasteiger partial charge < -0.3 is 8.83 Å². The topological polar surface area (TPSA) is 73.1 Å². The fraction of sp³-hybridized carbons (Fsp3) is 0.471. The van der Waals surface area contributed by atoms with Crippen LogP contribution in [0.4, 0.5) is 0 Å². The second kappa shape index (κ2) is 6.60. The summed E-state index contributed by atoms with van der Waals surface area (Å²) in [4.78, 5) is 2.36. The fourth-order valence-corrected chi connectivity index (χ4v) is 3.20. The van der Waals surface area contributed by atoms with Gasteiger partial charge in [0.05, 0.1) is 19.0 Å². The summed E-state index contributed by atoms with van der Waals surface area (Å²) >= 11 is 0. The Kier molecular flexibility index (Phi) is 4.17. The zero-order chi connectivity index (χ0) is 16.4. The van der Waals surface area contributed by atoms with E-state index >= 15 is 0 Å². The van der Waals surface area contributed by atoms with E-state index < -0.39 is 0 Å². The largest absolute Gasteiger partial charge is 0.459 e. The van der Waals surface area contributed by atoms with Crippen molar-refractivity contribution in [1.82, 2.24) is 24.9 Å². The molecule has 3 aromatic heterocycles.